The quantitative estimate of drug-likeness (QED) is 0.580. The van der Waals surface area contributed by atoms with Gasteiger partial charge in [-0.05, 0) is 78.0 Å². The summed E-state index contributed by atoms with van der Waals surface area (Å²) in [4.78, 5) is 12.1. The van der Waals surface area contributed by atoms with Gasteiger partial charge in [0.25, 0.3) is 5.91 Å². The minimum Gasteiger partial charge on any atom is -0.332 e. The molecule has 0 aliphatic rings. The third kappa shape index (κ3) is 4.25. The van der Waals surface area contributed by atoms with E-state index < -0.39 is 0 Å². The second kappa shape index (κ2) is 7.00. The van der Waals surface area contributed by atoms with Crippen LogP contribution in [0.2, 0.25) is 0 Å². The molecule has 0 unspecified atom stereocenters. The molecular formula is C16H15IN2OS. The number of halogens is 1. The number of rotatable bonds is 2. The molecule has 2 aromatic carbocycles. The fourth-order valence-corrected chi connectivity index (χ4v) is 2.70. The molecule has 0 saturated heterocycles. The zero-order valence-corrected chi connectivity index (χ0v) is 14.7. The first-order valence-corrected chi connectivity index (χ1v) is 7.90. The van der Waals surface area contributed by atoms with Crippen LogP contribution in [0.4, 0.5) is 5.69 Å². The van der Waals surface area contributed by atoms with Crippen LogP contribution >= 0.6 is 34.8 Å². The van der Waals surface area contributed by atoms with Crippen molar-refractivity contribution in [3.8, 4) is 0 Å². The summed E-state index contributed by atoms with van der Waals surface area (Å²) >= 11 is 7.39. The summed E-state index contributed by atoms with van der Waals surface area (Å²) in [6.45, 7) is 4.00. The third-order valence-electron chi connectivity index (χ3n) is 3.03. The van der Waals surface area contributed by atoms with Gasteiger partial charge in [-0.2, -0.15) is 0 Å². The Kier molecular flexibility index (Phi) is 5.30. The van der Waals surface area contributed by atoms with Crippen molar-refractivity contribution >= 4 is 51.5 Å². The normalized spacial score (nSPS) is 10.0. The van der Waals surface area contributed by atoms with Crippen LogP contribution in [0.3, 0.4) is 0 Å². The highest BCUT2D eigenvalue weighted by molar-refractivity contribution is 14.1. The van der Waals surface area contributed by atoms with Gasteiger partial charge in [-0.3, -0.25) is 10.1 Å². The van der Waals surface area contributed by atoms with Gasteiger partial charge in [-0.15, -0.1) is 0 Å². The van der Waals surface area contributed by atoms with E-state index in [-0.39, 0.29) is 5.91 Å². The number of aryl methyl sites for hydroxylation is 2. The van der Waals surface area contributed by atoms with Crippen molar-refractivity contribution in [2.75, 3.05) is 5.32 Å². The number of thiocarbonyl (C=S) groups is 1. The Bertz CT molecular complexity index is 680. The predicted molar refractivity (Wildman–Crippen MR) is 98.8 cm³/mol. The van der Waals surface area contributed by atoms with Crippen LogP contribution in [0, 0.1) is 17.4 Å². The third-order valence-corrected chi connectivity index (χ3v) is 3.91. The number of benzene rings is 2. The van der Waals surface area contributed by atoms with Gasteiger partial charge in [0.05, 0.1) is 0 Å². The largest absolute Gasteiger partial charge is 0.332 e. The number of hydrogen-bond donors (Lipinski definition) is 2. The molecule has 0 heterocycles. The number of carbonyl (C=O) groups excluding carboxylic acids is 1. The van der Waals surface area contributed by atoms with Crippen molar-refractivity contribution in [1.29, 1.82) is 0 Å². The van der Waals surface area contributed by atoms with E-state index in [0.29, 0.717) is 10.7 Å². The Morgan fingerprint density at radius 2 is 1.71 bits per heavy atom. The van der Waals surface area contributed by atoms with Crippen molar-refractivity contribution in [3.05, 3.63) is 62.7 Å². The number of anilines is 1. The standard InChI is InChI=1S/C16H15IN2OS/c1-10-5-3-6-11(2)14(10)18-16(21)19-15(20)12-7-4-8-13(17)9-12/h3-9H,1-2H3,(H2,18,19,20,21). The first kappa shape index (κ1) is 15.9. The number of hydrogen-bond acceptors (Lipinski definition) is 2. The highest BCUT2D eigenvalue weighted by Gasteiger charge is 2.10. The Morgan fingerprint density at radius 1 is 1.10 bits per heavy atom. The number of carbonyl (C=O) groups is 1. The number of amides is 1. The Balaban J connectivity index is 2.07. The van der Waals surface area contributed by atoms with Gasteiger partial charge < -0.3 is 5.32 Å². The molecule has 21 heavy (non-hydrogen) atoms. The molecule has 0 saturated carbocycles. The average Bonchev–Trinajstić information content (AvgIpc) is 2.43. The van der Waals surface area contributed by atoms with E-state index in [9.17, 15) is 4.79 Å². The van der Waals surface area contributed by atoms with E-state index in [1.54, 1.807) is 6.07 Å². The molecular weight excluding hydrogens is 395 g/mol. The van der Waals surface area contributed by atoms with Gasteiger partial charge in [-0.25, -0.2) is 0 Å². The molecule has 2 N–H and O–H groups in total. The molecule has 0 fully saturated rings. The lowest BCUT2D eigenvalue weighted by Crippen LogP contribution is -2.34. The van der Waals surface area contributed by atoms with Gasteiger partial charge in [-0.1, -0.05) is 24.3 Å². The molecule has 3 nitrogen and oxygen atoms in total. The molecule has 0 spiro atoms. The summed E-state index contributed by atoms with van der Waals surface area (Å²) in [6.07, 6.45) is 0. The van der Waals surface area contributed by atoms with E-state index in [0.717, 1.165) is 20.4 Å². The fourth-order valence-electron chi connectivity index (χ4n) is 1.96. The van der Waals surface area contributed by atoms with E-state index in [2.05, 4.69) is 33.2 Å². The highest BCUT2D eigenvalue weighted by Crippen LogP contribution is 2.19. The molecule has 0 radical (unpaired) electrons. The number of para-hydroxylation sites is 1. The maximum atomic E-state index is 12.1. The van der Waals surface area contributed by atoms with Gasteiger partial charge in [0.15, 0.2) is 5.11 Å². The maximum Gasteiger partial charge on any atom is 0.257 e. The van der Waals surface area contributed by atoms with Gasteiger partial charge in [0.2, 0.25) is 0 Å². The highest BCUT2D eigenvalue weighted by atomic mass is 127. The minimum absolute atomic E-state index is 0.211. The SMILES string of the molecule is Cc1cccc(C)c1NC(=S)NC(=O)c1cccc(I)c1. The van der Waals surface area contributed by atoms with E-state index in [1.165, 1.54) is 0 Å². The van der Waals surface area contributed by atoms with Crippen molar-refractivity contribution in [1.82, 2.24) is 5.32 Å². The van der Waals surface area contributed by atoms with Crippen LogP contribution in [-0.2, 0) is 0 Å². The van der Waals surface area contributed by atoms with E-state index in [1.807, 2.05) is 50.2 Å². The Hall–Kier alpha value is -1.47. The van der Waals surface area contributed by atoms with Crippen molar-refractivity contribution in [2.24, 2.45) is 0 Å². The fraction of sp³-hybridized carbons (Fsp3) is 0.125. The molecule has 0 aliphatic heterocycles. The predicted octanol–water partition coefficient (Wildman–Crippen LogP) is 4.03. The topological polar surface area (TPSA) is 41.1 Å². The second-order valence-electron chi connectivity index (χ2n) is 4.69. The Morgan fingerprint density at radius 3 is 2.33 bits per heavy atom. The summed E-state index contributed by atoms with van der Waals surface area (Å²) in [7, 11) is 0. The molecule has 0 aromatic heterocycles. The van der Waals surface area contributed by atoms with Crippen LogP contribution in [0.25, 0.3) is 0 Å². The molecule has 0 bridgehead atoms. The first-order valence-electron chi connectivity index (χ1n) is 6.41. The van der Waals surface area contributed by atoms with Crippen LogP contribution in [0.15, 0.2) is 42.5 Å². The van der Waals surface area contributed by atoms with Gasteiger partial charge in [0.1, 0.15) is 0 Å². The molecule has 2 rings (SSSR count). The van der Waals surface area contributed by atoms with Crippen LogP contribution in [0.5, 0.6) is 0 Å². The van der Waals surface area contributed by atoms with Crippen molar-refractivity contribution < 1.29 is 4.79 Å². The van der Waals surface area contributed by atoms with Crippen LogP contribution in [-0.4, -0.2) is 11.0 Å². The summed E-state index contributed by atoms with van der Waals surface area (Å²) in [5.74, 6) is -0.211. The summed E-state index contributed by atoms with van der Waals surface area (Å²) < 4.78 is 1.01. The molecule has 108 valence electrons. The monoisotopic (exact) mass is 410 g/mol. The molecule has 5 heteroatoms. The maximum absolute atomic E-state index is 12.1. The van der Waals surface area contributed by atoms with Crippen molar-refractivity contribution in [3.63, 3.8) is 0 Å². The van der Waals surface area contributed by atoms with Gasteiger partial charge in [0, 0.05) is 14.8 Å². The first-order chi connectivity index (χ1) is 9.97. The molecule has 2 aromatic rings. The van der Waals surface area contributed by atoms with E-state index >= 15 is 0 Å². The lowest BCUT2D eigenvalue weighted by atomic mass is 10.1. The summed E-state index contributed by atoms with van der Waals surface area (Å²) in [5.41, 5.74) is 3.69. The smallest absolute Gasteiger partial charge is 0.257 e. The number of nitrogens with one attached hydrogen (secondary N) is 2. The van der Waals surface area contributed by atoms with E-state index in [4.69, 9.17) is 12.2 Å². The van der Waals surface area contributed by atoms with Crippen LogP contribution < -0.4 is 10.6 Å². The lowest BCUT2D eigenvalue weighted by Gasteiger charge is -2.14. The van der Waals surface area contributed by atoms with Crippen LogP contribution in [0.1, 0.15) is 21.5 Å². The minimum atomic E-state index is -0.211. The van der Waals surface area contributed by atoms with Crippen molar-refractivity contribution in [2.45, 2.75) is 13.8 Å². The summed E-state index contributed by atoms with van der Waals surface area (Å²) in [6, 6.07) is 13.3. The molecule has 0 aliphatic carbocycles. The second-order valence-corrected chi connectivity index (χ2v) is 6.34. The average molecular weight is 410 g/mol. The lowest BCUT2D eigenvalue weighted by molar-refractivity contribution is 0.0977. The summed E-state index contributed by atoms with van der Waals surface area (Å²) in [5, 5.41) is 6.10. The zero-order chi connectivity index (χ0) is 15.4. The van der Waals surface area contributed by atoms with Gasteiger partial charge >= 0.3 is 0 Å². The zero-order valence-electron chi connectivity index (χ0n) is 11.7. The Labute approximate surface area is 143 Å². The molecule has 0 atom stereocenters. The molecule has 1 amide bonds.